The molecule has 1 spiro atoms. The molecular weight excluding hydrogens is 526 g/mol. The summed E-state index contributed by atoms with van der Waals surface area (Å²) in [5.41, 5.74) is -0.470. The van der Waals surface area contributed by atoms with Crippen molar-refractivity contribution in [2.45, 2.75) is 43.1 Å². The van der Waals surface area contributed by atoms with Crippen LogP contribution in [-0.2, 0) is 28.6 Å². The minimum absolute atomic E-state index is 0.170. The number of hydrogen-bond donors (Lipinski definition) is 1. The fraction of sp³-hybridized carbons (Fsp3) is 0.581. The Morgan fingerprint density at radius 3 is 2.63 bits per heavy atom. The Morgan fingerprint density at radius 1 is 1.20 bits per heavy atom. The van der Waals surface area contributed by atoms with Crippen LogP contribution >= 0.6 is 0 Å². The number of carbonyl (C=O) groups excluding carboxylic acids is 3. The van der Waals surface area contributed by atoms with Crippen LogP contribution in [0, 0.1) is 11.8 Å². The topological polar surface area (TPSA) is 109 Å². The van der Waals surface area contributed by atoms with E-state index in [-0.39, 0.29) is 25.0 Å². The van der Waals surface area contributed by atoms with Gasteiger partial charge in [-0.3, -0.25) is 19.3 Å². The zero-order valence-electron chi connectivity index (χ0n) is 23.6. The highest BCUT2D eigenvalue weighted by Gasteiger charge is 2.75. The number of aliphatic hydroxyl groups excluding tert-OH is 1. The molecule has 1 aromatic rings. The van der Waals surface area contributed by atoms with Gasteiger partial charge in [0.25, 0.3) is 0 Å². The smallest absolute Gasteiger partial charge is 0.312 e. The number of rotatable bonds is 13. The van der Waals surface area contributed by atoms with Gasteiger partial charge in [-0.15, -0.1) is 13.2 Å². The molecule has 6 atom stereocenters. The Kier molecular flexibility index (Phi) is 9.23. The van der Waals surface area contributed by atoms with E-state index in [1.54, 1.807) is 17.1 Å². The molecule has 4 fully saturated rings. The second kappa shape index (κ2) is 12.9. The van der Waals surface area contributed by atoms with Gasteiger partial charge in [0.1, 0.15) is 11.6 Å². The van der Waals surface area contributed by atoms with Gasteiger partial charge < -0.3 is 29.1 Å². The number of carbonyl (C=O) groups is 3. The predicted octanol–water partition coefficient (Wildman–Crippen LogP) is 1.56. The fourth-order valence-electron chi connectivity index (χ4n) is 7.05. The first kappa shape index (κ1) is 29.4. The average molecular weight is 568 g/mol. The van der Waals surface area contributed by atoms with E-state index in [4.69, 9.17) is 14.2 Å². The summed E-state index contributed by atoms with van der Waals surface area (Å²) in [5.74, 6) is -2.78. The second-order valence-electron chi connectivity index (χ2n) is 11.2. The highest BCUT2D eigenvalue weighted by Crippen LogP contribution is 2.60. The zero-order chi connectivity index (χ0) is 29.0. The van der Waals surface area contributed by atoms with Crippen LogP contribution in [0.2, 0.25) is 0 Å². The van der Waals surface area contributed by atoms with E-state index in [0.29, 0.717) is 57.7 Å². The van der Waals surface area contributed by atoms with Gasteiger partial charge >= 0.3 is 5.97 Å². The van der Waals surface area contributed by atoms with Gasteiger partial charge in [-0.2, -0.15) is 0 Å². The summed E-state index contributed by atoms with van der Waals surface area (Å²) in [6, 6.07) is 7.42. The van der Waals surface area contributed by atoms with Gasteiger partial charge in [-0.25, -0.2) is 0 Å². The molecule has 1 N–H and O–H groups in total. The van der Waals surface area contributed by atoms with Gasteiger partial charge in [0.05, 0.1) is 50.4 Å². The van der Waals surface area contributed by atoms with E-state index in [1.807, 2.05) is 30.3 Å². The molecule has 2 unspecified atom stereocenters. The largest absolute Gasteiger partial charge is 0.465 e. The normalized spacial score (nSPS) is 29.7. The molecule has 0 radical (unpaired) electrons. The molecule has 0 aromatic heterocycles. The van der Waals surface area contributed by atoms with Crippen molar-refractivity contribution in [2.75, 3.05) is 59.2 Å². The SMILES string of the molecule is C=CCCOC(=O)[C@@H]1[C@H]2C(=O)N([C@H](CO)c3ccccc3)C(C(=O)N(CC=C)CCN3CCOCC3)C23CC[C@H]1O3. The first-order chi connectivity index (χ1) is 20.0. The van der Waals surface area contributed by atoms with Crippen LogP contribution in [0.15, 0.2) is 55.6 Å². The second-order valence-corrected chi connectivity index (χ2v) is 11.2. The minimum atomic E-state index is -1.18. The Bertz CT molecular complexity index is 1120. The summed E-state index contributed by atoms with van der Waals surface area (Å²) in [7, 11) is 0. The maximum atomic E-state index is 14.6. The van der Waals surface area contributed by atoms with Crippen molar-refractivity contribution in [2.24, 2.45) is 11.8 Å². The number of fused-ring (bicyclic) bond motifs is 1. The Balaban J connectivity index is 1.50. The van der Waals surface area contributed by atoms with Crippen molar-refractivity contribution in [3.63, 3.8) is 0 Å². The van der Waals surface area contributed by atoms with Crippen molar-refractivity contribution in [1.29, 1.82) is 0 Å². The molecule has 10 heteroatoms. The van der Waals surface area contributed by atoms with E-state index < -0.39 is 41.6 Å². The number of ether oxygens (including phenoxy) is 3. The molecule has 5 rings (SSSR count). The van der Waals surface area contributed by atoms with Crippen LogP contribution in [0.4, 0.5) is 0 Å². The van der Waals surface area contributed by atoms with Gasteiger partial charge in [-0.05, 0) is 24.8 Å². The summed E-state index contributed by atoms with van der Waals surface area (Å²) in [6.07, 6.45) is 4.37. The third-order valence-corrected chi connectivity index (χ3v) is 8.95. The number of amides is 2. The number of esters is 1. The maximum Gasteiger partial charge on any atom is 0.312 e. The van der Waals surface area contributed by atoms with Crippen molar-refractivity contribution in [1.82, 2.24) is 14.7 Å². The van der Waals surface area contributed by atoms with Crippen LogP contribution in [-0.4, -0.2) is 114 Å². The lowest BCUT2D eigenvalue weighted by atomic mass is 9.70. The highest BCUT2D eigenvalue weighted by molar-refractivity contribution is 5.98. The Hall–Kier alpha value is -3.05. The van der Waals surface area contributed by atoms with E-state index in [0.717, 1.165) is 13.1 Å². The van der Waals surface area contributed by atoms with Crippen LogP contribution in [0.3, 0.4) is 0 Å². The van der Waals surface area contributed by atoms with Crippen LogP contribution in [0.25, 0.3) is 0 Å². The summed E-state index contributed by atoms with van der Waals surface area (Å²) in [6.45, 7) is 11.6. The molecule has 4 aliphatic heterocycles. The minimum Gasteiger partial charge on any atom is -0.465 e. The van der Waals surface area contributed by atoms with E-state index >= 15 is 0 Å². The van der Waals surface area contributed by atoms with Crippen molar-refractivity contribution < 1.29 is 33.7 Å². The number of nitrogens with zero attached hydrogens (tertiary/aromatic N) is 3. The third-order valence-electron chi connectivity index (χ3n) is 8.95. The lowest BCUT2D eigenvalue weighted by molar-refractivity contribution is -0.156. The molecule has 4 saturated heterocycles. The molecule has 10 nitrogen and oxygen atoms in total. The quantitative estimate of drug-likeness (QED) is 0.217. The van der Waals surface area contributed by atoms with Crippen molar-refractivity contribution >= 4 is 17.8 Å². The fourth-order valence-corrected chi connectivity index (χ4v) is 7.05. The van der Waals surface area contributed by atoms with Crippen LogP contribution in [0.1, 0.15) is 30.9 Å². The summed E-state index contributed by atoms with van der Waals surface area (Å²) < 4.78 is 17.5. The van der Waals surface area contributed by atoms with Crippen LogP contribution < -0.4 is 0 Å². The summed E-state index contributed by atoms with van der Waals surface area (Å²) in [5, 5.41) is 10.6. The average Bonchev–Trinajstić information content (AvgIpc) is 3.64. The van der Waals surface area contributed by atoms with Gasteiger partial charge in [0, 0.05) is 32.7 Å². The molecule has 2 bridgehead atoms. The third kappa shape index (κ3) is 5.46. The maximum absolute atomic E-state index is 14.6. The number of morpholine rings is 1. The monoisotopic (exact) mass is 567 g/mol. The number of hydrogen-bond acceptors (Lipinski definition) is 8. The number of benzene rings is 1. The van der Waals surface area contributed by atoms with Crippen LogP contribution in [0.5, 0.6) is 0 Å². The van der Waals surface area contributed by atoms with Crippen molar-refractivity contribution in [3.05, 3.63) is 61.2 Å². The standard InChI is InChI=1S/C31H41N3O7/c1-3-5-18-40-30(38)25-24-11-12-31(41-24)26(25)28(36)34(23(21-35)22-9-7-6-8-10-22)27(31)29(37)33(13-4-2)15-14-32-16-19-39-20-17-32/h3-4,6-10,23-27,35H,1-2,5,11-21H2/t23-,24-,25+,26+,27?,31?/m1/s1. The first-order valence-corrected chi connectivity index (χ1v) is 14.6. The van der Waals surface area contributed by atoms with Gasteiger partial charge in [-0.1, -0.05) is 42.5 Å². The number of likely N-dealkylation sites (tertiary alicyclic amines) is 1. The molecule has 2 amide bonds. The molecular formula is C31H41N3O7. The van der Waals surface area contributed by atoms with Gasteiger partial charge in [0.15, 0.2) is 0 Å². The molecule has 0 saturated carbocycles. The lowest BCUT2D eigenvalue weighted by Crippen LogP contribution is -2.58. The predicted molar refractivity (Wildman–Crippen MR) is 151 cm³/mol. The van der Waals surface area contributed by atoms with Gasteiger partial charge in [0.2, 0.25) is 11.8 Å². The molecule has 1 aromatic carbocycles. The highest BCUT2D eigenvalue weighted by atomic mass is 16.6. The molecule has 222 valence electrons. The number of aliphatic hydroxyl groups is 1. The lowest BCUT2D eigenvalue weighted by Gasteiger charge is -2.40. The van der Waals surface area contributed by atoms with E-state index in [2.05, 4.69) is 18.1 Å². The summed E-state index contributed by atoms with van der Waals surface area (Å²) >= 11 is 0. The first-order valence-electron chi connectivity index (χ1n) is 14.6. The molecule has 4 heterocycles. The molecule has 4 aliphatic rings. The van der Waals surface area contributed by atoms with E-state index in [9.17, 15) is 19.5 Å². The van der Waals surface area contributed by atoms with Crippen molar-refractivity contribution in [3.8, 4) is 0 Å². The Labute approximate surface area is 241 Å². The molecule has 0 aliphatic carbocycles. The summed E-state index contributed by atoms with van der Waals surface area (Å²) in [4.78, 5) is 47.8. The van der Waals surface area contributed by atoms with E-state index in [1.165, 1.54) is 4.90 Å². The zero-order valence-corrected chi connectivity index (χ0v) is 23.6. The molecule has 41 heavy (non-hydrogen) atoms. The Morgan fingerprint density at radius 2 is 1.95 bits per heavy atom.